The molecule has 2 amide bonds. The number of nitrogens with zero attached hydrogens (tertiary/aromatic N) is 3. The molecule has 0 aromatic carbocycles. The second-order valence-electron chi connectivity index (χ2n) is 7.93. The van der Waals surface area contributed by atoms with Crippen LogP contribution >= 0.6 is 24.0 Å². The lowest BCUT2D eigenvalue weighted by atomic mass is 10.1. The zero-order valence-electron chi connectivity index (χ0n) is 18.9. The molecule has 9 nitrogen and oxygen atoms in total. The Hall–Kier alpha value is -1.98. The number of hydrogen-bond donors (Lipinski definition) is 2. The fourth-order valence-corrected chi connectivity index (χ4v) is 3.92. The van der Waals surface area contributed by atoms with Crippen molar-refractivity contribution in [1.82, 2.24) is 20.4 Å². The van der Waals surface area contributed by atoms with E-state index in [-0.39, 0.29) is 42.0 Å². The second-order valence-corrected chi connectivity index (χ2v) is 7.93. The predicted molar refractivity (Wildman–Crippen MR) is 133 cm³/mol. The highest BCUT2D eigenvalue weighted by atomic mass is 127. The minimum atomic E-state index is -0.233. The van der Waals surface area contributed by atoms with Gasteiger partial charge in [0.1, 0.15) is 5.76 Å². The monoisotopic (exact) mass is 561 g/mol. The summed E-state index contributed by atoms with van der Waals surface area (Å²) in [6, 6.07) is 4.10. The van der Waals surface area contributed by atoms with Crippen molar-refractivity contribution in [3.05, 3.63) is 24.2 Å². The number of halogens is 1. The maximum absolute atomic E-state index is 11.9. The third-order valence-corrected chi connectivity index (χ3v) is 5.63. The zero-order valence-corrected chi connectivity index (χ0v) is 21.2. The summed E-state index contributed by atoms with van der Waals surface area (Å²) in [5, 5.41) is 6.90. The topological polar surface area (TPSA) is 99.4 Å². The molecule has 0 unspecified atom stereocenters. The van der Waals surface area contributed by atoms with E-state index in [2.05, 4.69) is 10.6 Å². The lowest BCUT2D eigenvalue weighted by molar-refractivity contribution is -0.127. The van der Waals surface area contributed by atoms with Crippen LogP contribution in [-0.4, -0.2) is 79.7 Å². The molecule has 2 aliphatic rings. The minimum absolute atomic E-state index is 0. The summed E-state index contributed by atoms with van der Waals surface area (Å²) in [6.07, 6.45) is 6.40. The molecule has 3 rings (SSSR count). The van der Waals surface area contributed by atoms with Crippen LogP contribution in [0.25, 0.3) is 0 Å². The number of carbonyl (C=O) groups is 2. The van der Waals surface area contributed by atoms with Crippen LogP contribution in [0.3, 0.4) is 0 Å². The van der Waals surface area contributed by atoms with E-state index in [9.17, 15) is 9.59 Å². The Morgan fingerprint density at radius 3 is 2.78 bits per heavy atom. The summed E-state index contributed by atoms with van der Waals surface area (Å²) in [6.45, 7) is 6.57. The molecule has 10 heteroatoms. The zero-order chi connectivity index (χ0) is 21.9. The van der Waals surface area contributed by atoms with Gasteiger partial charge in [0, 0.05) is 58.2 Å². The molecule has 2 aliphatic heterocycles. The van der Waals surface area contributed by atoms with Crippen molar-refractivity contribution < 1.29 is 18.7 Å². The van der Waals surface area contributed by atoms with Gasteiger partial charge in [0.25, 0.3) is 0 Å². The summed E-state index contributed by atoms with van der Waals surface area (Å²) in [5.74, 6) is 1.96. The van der Waals surface area contributed by atoms with Crippen molar-refractivity contribution >= 4 is 41.9 Å². The van der Waals surface area contributed by atoms with Gasteiger partial charge in [-0.15, -0.1) is 24.0 Å². The van der Waals surface area contributed by atoms with E-state index in [1.54, 1.807) is 11.2 Å². The molecule has 0 saturated carbocycles. The Morgan fingerprint density at radius 1 is 1.31 bits per heavy atom. The van der Waals surface area contributed by atoms with Crippen molar-refractivity contribution in [3.8, 4) is 0 Å². The van der Waals surface area contributed by atoms with E-state index < -0.39 is 0 Å². The molecule has 0 spiro atoms. The van der Waals surface area contributed by atoms with Crippen LogP contribution in [-0.2, 0) is 16.0 Å². The maximum atomic E-state index is 11.9. The number of nitrogens with one attached hydrogen (secondary N) is 2. The number of likely N-dealkylation sites (tertiary alicyclic amines) is 2. The highest BCUT2D eigenvalue weighted by Crippen LogP contribution is 2.12. The average Bonchev–Trinajstić information content (AvgIpc) is 3.43. The average molecular weight is 561 g/mol. The number of carbonyl (C=O) groups excluding carboxylic acids is 2. The van der Waals surface area contributed by atoms with Gasteiger partial charge in [-0.25, -0.2) is 4.79 Å². The molecule has 1 aromatic heterocycles. The van der Waals surface area contributed by atoms with Crippen LogP contribution < -0.4 is 10.6 Å². The fourth-order valence-electron chi connectivity index (χ4n) is 3.92. The van der Waals surface area contributed by atoms with Crippen molar-refractivity contribution in [2.24, 2.45) is 4.99 Å². The van der Waals surface area contributed by atoms with E-state index >= 15 is 0 Å². The first-order chi connectivity index (χ1) is 15.2. The molecule has 32 heavy (non-hydrogen) atoms. The van der Waals surface area contributed by atoms with Crippen LogP contribution in [0.5, 0.6) is 0 Å². The van der Waals surface area contributed by atoms with Crippen LogP contribution in [0.2, 0.25) is 0 Å². The Balaban J connectivity index is 0.00000363. The first-order valence-corrected chi connectivity index (χ1v) is 11.4. The van der Waals surface area contributed by atoms with E-state index in [1.165, 1.54) is 0 Å². The van der Waals surface area contributed by atoms with E-state index in [1.807, 2.05) is 24.0 Å². The number of guanidine groups is 1. The van der Waals surface area contributed by atoms with Crippen molar-refractivity contribution in [2.75, 3.05) is 45.9 Å². The van der Waals surface area contributed by atoms with Crippen LogP contribution in [0.15, 0.2) is 27.8 Å². The third kappa shape index (κ3) is 8.51. The highest BCUT2D eigenvalue weighted by Gasteiger charge is 2.24. The first kappa shape index (κ1) is 26.3. The summed E-state index contributed by atoms with van der Waals surface area (Å²) in [5.41, 5.74) is 0. The van der Waals surface area contributed by atoms with Crippen molar-refractivity contribution in [3.63, 3.8) is 0 Å². The molecule has 0 aliphatic carbocycles. The van der Waals surface area contributed by atoms with Crippen LogP contribution in [0, 0.1) is 0 Å². The summed E-state index contributed by atoms with van der Waals surface area (Å²) in [4.78, 5) is 32.1. The van der Waals surface area contributed by atoms with E-state index in [0.29, 0.717) is 39.2 Å². The maximum Gasteiger partial charge on any atom is 0.409 e. The molecule has 1 aromatic rings. The van der Waals surface area contributed by atoms with Crippen LogP contribution in [0.1, 0.15) is 44.8 Å². The Kier molecular flexibility index (Phi) is 11.7. The van der Waals surface area contributed by atoms with Gasteiger partial charge in [-0.1, -0.05) is 0 Å². The number of piperidine rings is 1. The van der Waals surface area contributed by atoms with Crippen molar-refractivity contribution in [1.29, 1.82) is 0 Å². The van der Waals surface area contributed by atoms with Gasteiger partial charge in [0.05, 0.1) is 12.9 Å². The lowest BCUT2D eigenvalue weighted by Gasteiger charge is -2.32. The Labute approximate surface area is 207 Å². The second kappa shape index (κ2) is 14.2. The van der Waals surface area contributed by atoms with Crippen molar-refractivity contribution in [2.45, 2.75) is 51.5 Å². The highest BCUT2D eigenvalue weighted by molar-refractivity contribution is 14.0. The van der Waals surface area contributed by atoms with E-state index in [0.717, 1.165) is 56.9 Å². The predicted octanol–water partition coefficient (Wildman–Crippen LogP) is 2.61. The molecular weight excluding hydrogens is 525 g/mol. The number of aliphatic imine (C=N–C) groups is 1. The normalized spacial score (nSPS) is 17.3. The van der Waals surface area contributed by atoms with Gasteiger partial charge < -0.3 is 29.6 Å². The number of ether oxygens (including phenoxy) is 1. The molecule has 0 radical (unpaired) electrons. The van der Waals surface area contributed by atoms with Gasteiger partial charge in [0.15, 0.2) is 5.96 Å². The number of furan rings is 1. The molecule has 2 N–H and O–H groups in total. The SMILES string of the molecule is CCOC(=O)N1CCC(NC(=NCCCN2CCCC2=O)NCCc2ccco2)CC1.I. The molecule has 2 fully saturated rings. The number of rotatable bonds is 9. The van der Waals surface area contributed by atoms with Gasteiger partial charge in [-0.05, 0) is 44.7 Å². The summed E-state index contributed by atoms with van der Waals surface area (Å²) < 4.78 is 10.5. The van der Waals surface area contributed by atoms with Gasteiger partial charge >= 0.3 is 6.09 Å². The van der Waals surface area contributed by atoms with Gasteiger partial charge in [0.2, 0.25) is 5.91 Å². The molecular formula is C22H36IN5O4. The Bertz CT molecular complexity index is 720. The van der Waals surface area contributed by atoms with E-state index in [4.69, 9.17) is 14.1 Å². The van der Waals surface area contributed by atoms with Crippen LogP contribution in [0.4, 0.5) is 4.79 Å². The standard InChI is InChI=1S/C22H35N5O4.HI/c1-2-30-22(29)27-15-9-18(10-16-27)25-21(24-12-8-19-6-4-17-31-19)23-11-5-14-26-13-3-7-20(26)28;/h4,6,17-18H,2-3,5,7-16H2,1H3,(H2,23,24,25);1H. The number of hydrogen-bond acceptors (Lipinski definition) is 5. The minimum Gasteiger partial charge on any atom is -0.469 e. The smallest absolute Gasteiger partial charge is 0.409 e. The summed E-state index contributed by atoms with van der Waals surface area (Å²) >= 11 is 0. The largest absolute Gasteiger partial charge is 0.469 e. The van der Waals surface area contributed by atoms with Gasteiger partial charge in [-0.2, -0.15) is 0 Å². The lowest BCUT2D eigenvalue weighted by Crippen LogP contribution is -2.50. The van der Waals surface area contributed by atoms with Gasteiger partial charge in [-0.3, -0.25) is 9.79 Å². The third-order valence-electron chi connectivity index (χ3n) is 5.63. The molecule has 0 bridgehead atoms. The molecule has 0 atom stereocenters. The molecule has 3 heterocycles. The Morgan fingerprint density at radius 2 is 2.12 bits per heavy atom. The molecule has 2 saturated heterocycles. The first-order valence-electron chi connectivity index (χ1n) is 11.4. The quantitative estimate of drug-likeness (QED) is 0.208. The number of amides is 2. The summed E-state index contributed by atoms with van der Waals surface area (Å²) in [7, 11) is 0. The fraction of sp³-hybridized carbons (Fsp3) is 0.682. The molecule has 180 valence electrons.